The molecule has 0 aliphatic rings. The summed E-state index contributed by atoms with van der Waals surface area (Å²) in [5, 5.41) is 2.86. The van der Waals surface area contributed by atoms with Gasteiger partial charge in [-0.1, -0.05) is 67.1 Å². The molecule has 0 saturated heterocycles. The largest absolute Gasteiger partial charge is 0.352 e. The predicted molar refractivity (Wildman–Crippen MR) is 151 cm³/mol. The van der Waals surface area contributed by atoms with Gasteiger partial charge in [0, 0.05) is 12.6 Å². The normalized spacial score (nSPS) is 12.2. The number of benzene rings is 3. The number of halogens is 1. The second-order valence-electron chi connectivity index (χ2n) is 9.69. The molecule has 9 heteroatoms. The fraction of sp³-hybridized carbons (Fsp3) is 0.333. The van der Waals surface area contributed by atoms with E-state index < -0.39 is 34.3 Å². The number of rotatable bonds is 12. The molecule has 0 saturated carbocycles. The lowest BCUT2D eigenvalue weighted by Crippen LogP contribution is -2.54. The van der Waals surface area contributed by atoms with E-state index in [0.717, 1.165) is 21.5 Å². The minimum Gasteiger partial charge on any atom is -0.352 e. The predicted octanol–water partition coefficient (Wildman–Crippen LogP) is 4.70. The molecule has 3 rings (SSSR count). The maximum atomic E-state index is 15.0. The van der Waals surface area contributed by atoms with E-state index in [1.165, 1.54) is 35.2 Å². The van der Waals surface area contributed by atoms with Crippen LogP contribution in [0, 0.1) is 12.7 Å². The highest BCUT2D eigenvalue weighted by atomic mass is 32.2. The van der Waals surface area contributed by atoms with Crippen LogP contribution in [0.2, 0.25) is 0 Å². The van der Waals surface area contributed by atoms with Crippen LogP contribution in [0.5, 0.6) is 0 Å². The van der Waals surface area contributed by atoms with Crippen molar-refractivity contribution in [1.82, 2.24) is 10.2 Å². The van der Waals surface area contributed by atoms with Gasteiger partial charge in [0.15, 0.2) is 0 Å². The first-order chi connectivity index (χ1) is 18.5. The number of anilines is 1. The number of carbonyl (C=O) groups excluding carboxylic acids is 2. The number of amides is 2. The third kappa shape index (κ3) is 7.66. The number of aryl methyl sites for hydroxylation is 1. The van der Waals surface area contributed by atoms with E-state index >= 15 is 0 Å². The minimum atomic E-state index is -4.32. The summed E-state index contributed by atoms with van der Waals surface area (Å²) >= 11 is 0. The van der Waals surface area contributed by atoms with Crippen LogP contribution in [-0.2, 0) is 26.0 Å². The Kier molecular flexibility index (Phi) is 10.2. The van der Waals surface area contributed by atoms with Crippen molar-refractivity contribution in [3.05, 3.63) is 95.8 Å². The molecule has 0 aromatic heterocycles. The van der Waals surface area contributed by atoms with Crippen molar-refractivity contribution < 1.29 is 22.4 Å². The first-order valence-electron chi connectivity index (χ1n) is 13.0. The summed E-state index contributed by atoms with van der Waals surface area (Å²) in [5.74, 6) is -1.70. The zero-order valence-corrected chi connectivity index (χ0v) is 23.6. The number of hydrogen-bond donors (Lipinski definition) is 1. The van der Waals surface area contributed by atoms with E-state index in [9.17, 15) is 22.4 Å². The summed E-state index contributed by atoms with van der Waals surface area (Å²) in [7, 11) is -4.32. The third-order valence-corrected chi connectivity index (χ3v) is 8.08. The lowest BCUT2D eigenvalue weighted by atomic mass is 10.1. The number of para-hydroxylation sites is 1. The van der Waals surface area contributed by atoms with Gasteiger partial charge in [-0.15, -0.1) is 0 Å². The summed E-state index contributed by atoms with van der Waals surface area (Å²) in [4.78, 5) is 28.3. The van der Waals surface area contributed by atoms with Gasteiger partial charge in [-0.05, 0) is 63.4 Å². The maximum absolute atomic E-state index is 15.0. The van der Waals surface area contributed by atoms with Crippen molar-refractivity contribution >= 4 is 27.5 Å². The van der Waals surface area contributed by atoms with Gasteiger partial charge in [-0.2, -0.15) is 0 Å². The summed E-state index contributed by atoms with van der Waals surface area (Å²) in [6.45, 7) is 6.79. The molecule has 0 spiro atoms. The molecule has 208 valence electrons. The van der Waals surface area contributed by atoms with Crippen LogP contribution in [-0.4, -0.2) is 50.3 Å². The van der Waals surface area contributed by atoms with Gasteiger partial charge in [-0.25, -0.2) is 12.8 Å². The molecule has 3 aromatic rings. The van der Waals surface area contributed by atoms with Gasteiger partial charge in [-0.3, -0.25) is 13.9 Å². The molecule has 39 heavy (non-hydrogen) atoms. The maximum Gasteiger partial charge on any atom is 0.264 e. The minimum absolute atomic E-state index is 0.0652. The molecule has 0 aliphatic carbocycles. The van der Waals surface area contributed by atoms with E-state index in [4.69, 9.17) is 0 Å². The number of hydrogen-bond acceptors (Lipinski definition) is 4. The quantitative estimate of drug-likeness (QED) is 0.352. The molecule has 0 aliphatic heterocycles. The summed E-state index contributed by atoms with van der Waals surface area (Å²) in [6.07, 6.45) is 0.784. The Morgan fingerprint density at radius 1 is 0.923 bits per heavy atom. The van der Waals surface area contributed by atoms with E-state index in [1.54, 1.807) is 19.1 Å². The molecular formula is C30H36FN3O4S. The van der Waals surface area contributed by atoms with E-state index in [-0.39, 0.29) is 29.1 Å². The molecule has 0 radical (unpaired) electrons. The van der Waals surface area contributed by atoms with Crippen molar-refractivity contribution in [1.29, 1.82) is 0 Å². The van der Waals surface area contributed by atoms with Crippen LogP contribution in [0.4, 0.5) is 10.1 Å². The van der Waals surface area contributed by atoms with Gasteiger partial charge < -0.3 is 10.2 Å². The van der Waals surface area contributed by atoms with Crippen LogP contribution >= 0.6 is 0 Å². The number of sulfonamides is 1. The lowest BCUT2D eigenvalue weighted by Gasteiger charge is -2.33. The molecule has 1 atom stereocenters. The van der Waals surface area contributed by atoms with Crippen LogP contribution < -0.4 is 9.62 Å². The highest BCUT2D eigenvalue weighted by Gasteiger charge is 2.34. The van der Waals surface area contributed by atoms with Crippen molar-refractivity contribution in [3.8, 4) is 0 Å². The van der Waals surface area contributed by atoms with Crippen molar-refractivity contribution in [2.75, 3.05) is 17.4 Å². The van der Waals surface area contributed by atoms with Crippen LogP contribution in [0.25, 0.3) is 0 Å². The Bertz CT molecular complexity index is 1360. The standard InChI is InChI=1S/C30H36FN3O4S/c1-5-27(30(36)32-22(2)3)33(20-19-24-11-7-6-8-12-24)29(35)21-34(28-14-10-9-13-26(28)31)39(37,38)25-17-15-23(4)16-18-25/h6-18,22,27H,5,19-21H2,1-4H3,(H,32,36)/t27-/m0/s1. The van der Waals surface area contributed by atoms with Crippen molar-refractivity contribution in [3.63, 3.8) is 0 Å². The van der Waals surface area contributed by atoms with Gasteiger partial charge in [0.25, 0.3) is 10.0 Å². The number of nitrogens with one attached hydrogen (secondary N) is 1. The Morgan fingerprint density at radius 2 is 1.54 bits per heavy atom. The van der Waals surface area contributed by atoms with Gasteiger partial charge in [0.05, 0.1) is 10.6 Å². The van der Waals surface area contributed by atoms with Gasteiger partial charge in [0.1, 0.15) is 18.4 Å². The zero-order chi connectivity index (χ0) is 28.6. The molecular weight excluding hydrogens is 517 g/mol. The monoisotopic (exact) mass is 553 g/mol. The molecule has 0 unspecified atom stereocenters. The average Bonchev–Trinajstić information content (AvgIpc) is 2.90. The number of carbonyl (C=O) groups is 2. The van der Waals surface area contributed by atoms with Crippen molar-refractivity contribution in [2.45, 2.75) is 57.5 Å². The fourth-order valence-corrected chi connectivity index (χ4v) is 5.70. The molecule has 0 fully saturated rings. The SMILES string of the molecule is CC[C@@H](C(=O)NC(C)C)N(CCc1ccccc1)C(=O)CN(c1ccccc1F)S(=O)(=O)c1ccc(C)cc1. The Hall–Kier alpha value is -3.72. The molecule has 3 aromatic carbocycles. The smallest absolute Gasteiger partial charge is 0.264 e. The first-order valence-corrected chi connectivity index (χ1v) is 14.5. The summed E-state index contributed by atoms with van der Waals surface area (Å²) < 4.78 is 43.3. The summed E-state index contributed by atoms with van der Waals surface area (Å²) in [6, 6.07) is 20.1. The van der Waals surface area contributed by atoms with Crippen molar-refractivity contribution in [2.24, 2.45) is 0 Å². The van der Waals surface area contributed by atoms with Gasteiger partial charge >= 0.3 is 0 Å². The van der Waals surface area contributed by atoms with Crippen LogP contribution in [0.15, 0.2) is 83.8 Å². The summed E-state index contributed by atoms with van der Waals surface area (Å²) in [5.41, 5.74) is 1.58. The fourth-order valence-electron chi connectivity index (χ4n) is 4.28. The first kappa shape index (κ1) is 29.8. The Balaban J connectivity index is 2.02. The molecule has 0 heterocycles. The highest BCUT2D eigenvalue weighted by Crippen LogP contribution is 2.27. The average molecular weight is 554 g/mol. The lowest BCUT2D eigenvalue weighted by molar-refractivity contribution is -0.139. The second kappa shape index (κ2) is 13.4. The Labute approximate surface area is 230 Å². The second-order valence-corrected chi connectivity index (χ2v) is 11.5. The van der Waals surface area contributed by atoms with E-state index in [0.29, 0.717) is 12.8 Å². The highest BCUT2D eigenvalue weighted by molar-refractivity contribution is 7.92. The van der Waals surface area contributed by atoms with E-state index in [1.807, 2.05) is 51.1 Å². The Morgan fingerprint density at radius 3 is 2.13 bits per heavy atom. The third-order valence-electron chi connectivity index (χ3n) is 6.31. The molecule has 1 N–H and O–H groups in total. The van der Waals surface area contributed by atoms with E-state index in [2.05, 4.69) is 5.32 Å². The van der Waals surface area contributed by atoms with Gasteiger partial charge in [0.2, 0.25) is 11.8 Å². The topological polar surface area (TPSA) is 86.8 Å². The zero-order valence-electron chi connectivity index (χ0n) is 22.8. The van der Waals surface area contributed by atoms with Crippen LogP contribution in [0.1, 0.15) is 38.3 Å². The molecule has 2 amide bonds. The number of nitrogens with zero attached hydrogens (tertiary/aromatic N) is 2. The molecule has 7 nitrogen and oxygen atoms in total. The molecule has 0 bridgehead atoms. The van der Waals surface area contributed by atoms with Crippen LogP contribution in [0.3, 0.4) is 0 Å².